The number of halogens is 2. The summed E-state index contributed by atoms with van der Waals surface area (Å²) < 4.78 is 19.9. The first-order valence-electron chi connectivity index (χ1n) is 7.46. The minimum atomic E-state index is -0.416. The molecule has 1 N–H and O–H groups in total. The van der Waals surface area contributed by atoms with Gasteiger partial charge in [0.25, 0.3) is 5.91 Å². The molecule has 2 aromatic carbocycles. The number of ether oxygens (including phenoxy) is 1. The van der Waals surface area contributed by atoms with Gasteiger partial charge in [0.15, 0.2) is 6.61 Å². The summed E-state index contributed by atoms with van der Waals surface area (Å²) >= 11 is 3.42. The normalized spacial score (nSPS) is 11.0. The van der Waals surface area contributed by atoms with Crippen molar-refractivity contribution in [3.05, 3.63) is 63.9 Å². The molecule has 0 saturated carbocycles. The maximum absolute atomic E-state index is 13.4. The molecule has 1 amide bonds. The summed E-state index contributed by atoms with van der Waals surface area (Å²) in [4.78, 5) is 11.8. The van der Waals surface area contributed by atoms with Crippen molar-refractivity contribution in [3.8, 4) is 5.75 Å². The number of carbonyl (C=O) groups is 1. The third-order valence-corrected chi connectivity index (χ3v) is 3.74. The molecular weight excluding hydrogens is 375 g/mol. The van der Waals surface area contributed by atoms with Crippen LogP contribution in [0.4, 0.5) is 4.39 Å². The highest BCUT2D eigenvalue weighted by Crippen LogP contribution is 2.29. The Labute approximate surface area is 148 Å². The predicted octanol–water partition coefficient (Wildman–Crippen LogP) is 4.24. The number of hydrogen-bond donors (Lipinski definition) is 1. The second-order valence-electron chi connectivity index (χ2n) is 5.44. The number of carbonyl (C=O) groups excluding carboxylic acids is 1. The monoisotopic (exact) mass is 392 g/mol. The van der Waals surface area contributed by atoms with E-state index in [4.69, 9.17) is 4.74 Å². The second kappa shape index (κ2) is 8.59. The van der Waals surface area contributed by atoms with E-state index in [-0.39, 0.29) is 12.5 Å². The van der Waals surface area contributed by atoms with Crippen molar-refractivity contribution in [2.75, 3.05) is 6.61 Å². The molecule has 0 aliphatic rings. The third kappa shape index (κ3) is 5.16. The number of rotatable bonds is 6. The van der Waals surface area contributed by atoms with Crippen molar-refractivity contribution in [3.63, 3.8) is 0 Å². The van der Waals surface area contributed by atoms with E-state index in [1.807, 2.05) is 32.0 Å². The molecule has 0 spiro atoms. The fourth-order valence-corrected chi connectivity index (χ4v) is 2.41. The van der Waals surface area contributed by atoms with Crippen molar-refractivity contribution in [2.45, 2.75) is 19.8 Å². The Morgan fingerprint density at radius 2 is 2.08 bits per heavy atom. The third-order valence-electron chi connectivity index (χ3n) is 3.25. The van der Waals surface area contributed by atoms with Crippen molar-refractivity contribution < 1.29 is 13.9 Å². The van der Waals surface area contributed by atoms with Crippen molar-refractivity contribution in [2.24, 2.45) is 5.10 Å². The molecule has 6 heteroatoms. The number of nitrogens with zero attached hydrogens (tertiary/aromatic N) is 1. The second-order valence-corrected chi connectivity index (χ2v) is 6.36. The number of amides is 1. The summed E-state index contributed by atoms with van der Waals surface area (Å²) in [6.45, 7) is 3.93. The van der Waals surface area contributed by atoms with E-state index in [0.717, 1.165) is 10.0 Å². The maximum atomic E-state index is 13.4. The van der Waals surface area contributed by atoms with Crippen LogP contribution in [0.15, 0.2) is 52.0 Å². The Morgan fingerprint density at radius 1 is 1.33 bits per heavy atom. The van der Waals surface area contributed by atoms with E-state index in [1.54, 1.807) is 18.2 Å². The molecular formula is C18H18BrFN2O2. The summed E-state index contributed by atoms with van der Waals surface area (Å²) in [6, 6.07) is 11.8. The average molecular weight is 393 g/mol. The predicted molar refractivity (Wildman–Crippen MR) is 95.9 cm³/mol. The molecule has 0 fully saturated rings. The van der Waals surface area contributed by atoms with E-state index < -0.39 is 11.7 Å². The standard InChI is InChI=1S/C18H18BrFN2O2/c1-12(2)15-9-14(19)7-8-17(15)24-11-18(23)22-21-10-13-5-3-4-6-16(13)20/h3-10,12H,11H2,1-2H3,(H,22,23)/b21-10+. The molecule has 0 aromatic heterocycles. The maximum Gasteiger partial charge on any atom is 0.277 e. The fourth-order valence-electron chi connectivity index (χ4n) is 2.03. The van der Waals surface area contributed by atoms with Gasteiger partial charge < -0.3 is 4.74 Å². The summed E-state index contributed by atoms with van der Waals surface area (Å²) in [5, 5.41) is 3.73. The molecule has 0 aliphatic carbocycles. The van der Waals surface area contributed by atoms with Crippen molar-refractivity contribution >= 4 is 28.1 Å². The van der Waals surface area contributed by atoms with E-state index in [2.05, 4.69) is 26.5 Å². The molecule has 0 unspecified atom stereocenters. The van der Waals surface area contributed by atoms with Crippen LogP contribution in [-0.4, -0.2) is 18.7 Å². The minimum absolute atomic E-state index is 0.171. The first kappa shape index (κ1) is 18.1. The topological polar surface area (TPSA) is 50.7 Å². The van der Waals surface area contributed by atoms with Crippen molar-refractivity contribution in [1.29, 1.82) is 0 Å². The Balaban J connectivity index is 1.91. The average Bonchev–Trinajstić information content (AvgIpc) is 2.55. The van der Waals surface area contributed by atoms with Crippen LogP contribution in [0.2, 0.25) is 0 Å². The molecule has 24 heavy (non-hydrogen) atoms. The minimum Gasteiger partial charge on any atom is -0.483 e. The quantitative estimate of drug-likeness (QED) is 0.590. The van der Waals surface area contributed by atoms with Crippen LogP contribution in [0.3, 0.4) is 0 Å². The van der Waals surface area contributed by atoms with Crippen LogP contribution >= 0.6 is 15.9 Å². The first-order chi connectivity index (χ1) is 11.5. The van der Waals surface area contributed by atoms with E-state index in [9.17, 15) is 9.18 Å². The Morgan fingerprint density at radius 3 is 2.79 bits per heavy atom. The van der Waals surface area contributed by atoms with Gasteiger partial charge in [0, 0.05) is 10.0 Å². The Kier molecular flexibility index (Phi) is 6.49. The molecule has 0 saturated heterocycles. The molecule has 0 heterocycles. The number of hydrazone groups is 1. The molecule has 0 radical (unpaired) electrons. The molecule has 126 valence electrons. The molecule has 0 atom stereocenters. The highest BCUT2D eigenvalue weighted by Gasteiger charge is 2.10. The van der Waals surface area contributed by atoms with Crippen LogP contribution in [0, 0.1) is 5.82 Å². The lowest BCUT2D eigenvalue weighted by Crippen LogP contribution is -2.25. The van der Waals surface area contributed by atoms with Crippen LogP contribution in [-0.2, 0) is 4.79 Å². The van der Waals surface area contributed by atoms with Gasteiger partial charge in [-0.2, -0.15) is 5.10 Å². The fraction of sp³-hybridized carbons (Fsp3) is 0.222. The lowest BCUT2D eigenvalue weighted by molar-refractivity contribution is -0.123. The van der Waals surface area contributed by atoms with Crippen molar-refractivity contribution in [1.82, 2.24) is 5.43 Å². The highest BCUT2D eigenvalue weighted by molar-refractivity contribution is 9.10. The summed E-state index contributed by atoms with van der Waals surface area (Å²) in [7, 11) is 0. The van der Waals surface area contributed by atoms with Gasteiger partial charge in [0.05, 0.1) is 6.21 Å². The zero-order valence-electron chi connectivity index (χ0n) is 13.4. The number of nitrogens with one attached hydrogen (secondary N) is 1. The van der Waals surface area contributed by atoms with E-state index in [0.29, 0.717) is 11.3 Å². The first-order valence-corrected chi connectivity index (χ1v) is 8.25. The van der Waals surface area contributed by atoms with Crippen LogP contribution in [0.5, 0.6) is 5.75 Å². The SMILES string of the molecule is CC(C)c1cc(Br)ccc1OCC(=O)N/N=C/c1ccccc1F. The van der Waals surface area contributed by atoms with E-state index >= 15 is 0 Å². The zero-order chi connectivity index (χ0) is 17.5. The Hall–Kier alpha value is -2.21. The molecule has 2 rings (SSSR count). The molecule has 4 nitrogen and oxygen atoms in total. The number of benzene rings is 2. The molecule has 0 aliphatic heterocycles. The van der Waals surface area contributed by atoms with Gasteiger partial charge in [-0.1, -0.05) is 48.0 Å². The largest absolute Gasteiger partial charge is 0.483 e. The van der Waals surface area contributed by atoms with Gasteiger partial charge in [0.2, 0.25) is 0 Å². The lowest BCUT2D eigenvalue weighted by Gasteiger charge is -2.13. The zero-order valence-corrected chi connectivity index (χ0v) is 15.0. The van der Waals surface area contributed by atoms with Gasteiger partial charge in [-0.15, -0.1) is 0 Å². The van der Waals surface area contributed by atoms with Crippen LogP contribution < -0.4 is 10.2 Å². The molecule has 0 bridgehead atoms. The smallest absolute Gasteiger partial charge is 0.277 e. The van der Waals surface area contributed by atoms with Gasteiger partial charge in [-0.3, -0.25) is 4.79 Å². The van der Waals surface area contributed by atoms with E-state index in [1.165, 1.54) is 12.3 Å². The summed E-state index contributed by atoms with van der Waals surface area (Å²) in [6.07, 6.45) is 1.26. The van der Waals surface area contributed by atoms with Gasteiger partial charge >= 0.3 is 0 Å². The summed E-state index contributed by atoms with van der Waals surface area (Å²) in [5.41, 5.74) is 3.62. The van der Waals surface area contributed by atoms with Gasteiger partial charge in [0.1, 0.15) is 11.6 Å². The summed E-state index contributed by atoms with van der Waals surface area (Å²) in [5.74, 6) is 0.101. The molecule has 2 aromatic rings. The number of hydrogen-bond acceptors (Lipinski definition) is 3. The lowest BCUT2D eigenvalue weighted by atomic mass is 10.0. The highest BCUT2D eigenvalue weighted by atomic mass is 79.9. The van der Waals surface area contributed by atoms with Gasteiger partial charge in [-0.05, 0) is 35.7 Å². The Bertz CT molecular complexity index is 748. The van der Waals surface area contributed by atoms with Gasteiger partial charge in [-0.25, -0.2) is 9.82 Å². The van der Waals surface area contributed by atoms with Crippen LogP contribution in [0.25, 0.3) is 0 Å². The van der Waals surface area contributed by atoms with Crippen LogP contribution in [0.1, 0.15) is 30.9 Å².